The van der Waals surface area contributed by atoms with E-state index in [0.717, 1.165) is 38.2 Å². The zero-order valence-corrected chi connectivity index (χ0v) is 12.4. The van der Waals surface area contributed by atoms with E-state index in [0.29, 0.717) is 5.92 Å². The summed E-state index contributed by atoms with van der Waals surface area (Å²) in [6, 6.07) is 8.29. The Morgan fingerprint density at radius 1 is 1.40 bits per heavy atom. The molecule has 1 heterocycles. The predicted molar refractivity (Wildman–Crippen MR) is 82.5 cm³/mol. The molecule has 1 atom stereocenters. The number of nitrogens with one attached hydrogen (secondary N) is 1. The van der Waals surface area contributed by atoms with Crippen LogP contribution in [0.3, 0.4) is 0 Å². The third-order valence-corrected chi connectivity index (χ3v) is 3.73. The molecule has 0 aromatic heterocycles. The molecule has 3 N–H and O–H groups in total. The molecule has 2 rings (SSSR count). The lowest BCUT2D eigenvalue weighted by Gasteiger charge is -2.24. The van der Waals surface area contributed by atoms with Crippen molar-refractivity contribution < 1.29 is 4.79 Å². The monoisotopic (exact) mass is 275 g/mol. The molecule has 20 heavy (non-hydrogen) atoms. The van der Waals surface area contributed by atoms with Gasteiger partial charge in [0.1, 0.15) is 6.04 Å². The van der Waals surface area contributed by atoms with Gasteiger partial charge in [-0.3, -0.25) is 4.79 Å². The van der Waals surface area contributed by atoms with Crippen LogP contribution in [0, 0.1) is 5.92 Å². The van der Waals surface area contributed by atoms with Crippen LogP contribution in [0.25, 0.3) is 0 Å². The smallest absolute Gasteiger partial charge is 0.240 e. The van der Waals surface area contributed by atoms with E-state index in [9.17, 15) is 4.79 Å². The number of benzene rings is 1. The summed E-state index contributed by atoms with van der Waals surface area (Å²) in [5, 5.41) is 3.43. The number of hydrogen-bond acceptors (Lipinski definition) is 3. The van der Waals surface area contributed by atoms with Gasteiger partial charge in [0, 0.05) is 18.8 Å². The first-order valence-corrected chi connectivity index (χ1v) is 7.43. The van der Waals surface area contributed by atoms with E-state index in [1.807, 2.05) is 0 Å². The van der Waals surface area contributed by atoms with Gasteiger partial charge in [-0.25, -0.2) is 0 Å². The second-order valence-electron chi connectivity index (χ2n) is 5.94. The fraction of sp³-hybridized carbons (Fsp3) is 0.562. The molecule has 0 saturated carbocycles. The van der Waals surface area contributed by atoms with E-state index in [4.69, 9.17) is 5.73 Å². The lowest BCUT2D eigenvalue weighted by molar-refractivity contribution is -0.119. The number of anilines is 1. The average molecular weight is 275 g/mol. The van der Waals surface area contributed by atoms with Gasteiger partial charge in [0.25, 0.3) is 0 Å². The highest BCUT2D eigenvalue weighted by Gasteiger charge is 2.28. The molecule has 0 spiro atoms. The predicted octanol–water partition coefficient (Wildman–Crippen LogP) is 1.89. The molecule has 1 aromatic rings. The van der Waals surface area contributed by atoms with Crippen LogP contribution in [0.4, 0.5) is 5.69 Å². The number of amides is 1. The quantitative estimate of drug-likeness (QED) is 0.833. The van der Waals surface area contributed by atoms with Crippen LogP contribution in [-0.2, 0) is 11.3 Å². The van der Waals surface area contributed by atoms with E-state index < -0.39 is 0 Å². The van der Waals surface area contributed by atoms with Gasteiger partial charge < -0.3 is 16.0 Å². The number of nitrogens with two attached hydrogens (primary N) is 1. The van der Waals surface area contributed by atoms with Crippen molar-refractivity contribution in [1.29, 1.82) is 0 Å². The average Bonchev–Trinajstić information content (AvgIpc) is 2.88. The van der Waals surface area contributed by atoms with Gasteiger partial charge in [-0.1, -0.05) is 26.0 Å². The number of rotatable bonds is 6. The molecule has 4 nitrogen and oxygen atoms in total. The van der Waals surface area contributed by atoms with Crippen LogP contribution in [0.1, 0.15) is 32.3 Å². The number of carbonyl (C=O) groups excluding carboxylic acids is 1. The first-order valence-electron chi connectivity index (χ1n) is 7.43. The summed E-state index contributed by atoms with van der Waals surface area (Å²) in [4.78, 5) is 13.5. The molecule has 1 aliphatic rings. The van der Waals surface area contributed by atoms with Gasteiger partial charge in [-0.05, 0) is 43.0 Å². The molecular formula is C16H25N3O. The van der Waals surface area contributed by atoms with Crippen molar-refractivity contribution in [3.05, 3.63) is 29.8 Å². The molecule has 0 radical (unpaired) electrons. The summed E-state index contributed by atoms with van der Waals surface area (Å²) in [6.45, 7) is 7.23. The zero-order chi connectivity index (χ0) is 14.5. The van der Waals surface area contributed by atoms with Crippen molar-refractivity contribution in [2.45, 2.75) is 39.3 Å². The van der Waals surface area contributed by atoms with Crippen molar-refractivity contribution in [3.8, 4) is 0 Å². The Bertz CT molecular complexity index is 442. The van der Waals surface area contributed by atoms with E-state index in [2.05, 4.69) is 48.3 Å². The second-order valence-corrected chi connectivity index (χ2v) is 5.94. The standard InChI is InChI=1S/C16H25N3O/c1-12(2)10-18-11-13-5-7-14(8-6-13)19-9-3-4-15(19)16(17)20/h5-8,12,15,18H,3-4,9-11H2,1-2H3,(H2,17,20). The molecule has 1 saturated heterocycles. The van der Waals surface area contributed by atoms with E-state index >= 15 is 0 Å². The third-order valence-electron chi connectivity index (χ3n) is 3.73. The number of hydrogen-bond donors (Lipinski definition) is 2. The molecule has 0 bridgehead atoms. The van der Waals surface area contributed by atoms with Crippen LogP contribution in [0.15, 0.2) is 24.3 Å². The van der Waals surface area contributed by atoms with Crippen LogP contribution in [0.5, 0.6) is 0 Å². The van der Waals surface area contributed by atoms with Gasteiger partial charge >= 0.3 is 0 Å². The summed E-state index contributed by atoms with van der Waals surface area (Å²) in [7, 11) is 0. The van der Waals surface area contributed by atoms with Crippen LogP contribution in [0.2, 0.25) is 0 Å². The Morgan fingerprint density at radius 2 is 2.10 bits per heavy atom. The maximum Gasteiger partial charge on any atom is 0.240 e. The van der Waals surface area contributed by atoms with Gasteiger partial charge in [0.15, 0.2) is 0 Å². The lowest BCUT2D eigenvalue weighted by Crippen LogP contribution is -2.40. The Kier molecular flexibility index (Phi) is 5.01. The summed E-state index contributed by atoms with van der Waals surface area (Å²) in [6.07, 6.45) is 1.90. The number of carbonyl (C=O) groups is 1. The summed E-state index contributed by atoms with van der Waals surface area (Å²) in [5.74, 6) is 0.445. The number of primary amides is 1. The minimum absolute atomic E-state index is 0.139. The topological polar surface area (TPSA) is 58.4 Å². The van der Waals surface area contributed by atoms with E-state index in [1.165, 1.54) is 5.56 Å². The van der Waals surface area contributed by atoms with E-state index in [-0.39, 0.29) is 11.9 Å². The minimum atomic E-state index is -0.217. The highest BCUT2D eigenvalue weighted by Crippen LogP contribution is 2.25. The fourth-order valence-electron chi connectivity index (χ4n) is 2.68. The Labute approximate surface area is 121 Å². The molecular weight excluding hydrogens is 250 g/mol. The maximum absolute atomic E-state index is 11.4. The van der Waals surface area contributed by atoms with Crippen LogP contribution < -0.4 is 16.0 Å². The maximum atomic E-state index is 11.4. The third kappa shape index (κ3) is 3.73. The SMILES string of the molecule is CC(C)CNCc1ccc(N2CCCC2C(N)=O)cc1. The van der Waals surface area contributed by atoms with Gasteiger partial charge in [0.2, 0.25) is 5.91 Å². The van der Waals surface area contributed by atoms with Gasteiger partial charge in [-0.15, -0.1) is 0 Å². The van der Waals surface area contributed by atoms with Crippen molar-refractivity contribution in [1.82, 2.24) is 5.32 Å². The minimum Gasteiger partial charge on any atom is -0.368 e. The van der Waals surface area contributed by atoms with Crippen molar-refractivity contribution >= 4 is 11.6 Å². The molecule has 1 aromatic carbocycles. The van der Waals surface area contributed by atoms with Crippen molar-refractivity contribution in [3.63, 3.8) is 0 Å². The molecule has 110 valence electrons. The summed E-state index contributed by atoms with van der Waals surface area (Å²) < 4.78 is 0. The molecule has 1 fully saturated rings. The molecule has 4 heteroatoms. The highest BCUT2D eigenvalue weighted by atomic mass is 16.1. The normalized spacial score (nSPS) is 18.8. The van der Waals surface area contributed by atoms with Crippen LogP contribution >= 0.6 is 0 Å². The van der Waals surface area contributed by atoms with Gasteiger partial charge in [0.05, 0.1) is 0 Å². The Morgan fingerprint density at radius 3 is 2.70 bits per heavy atom. The van der Waals surface area contributed by atoms with Gasteiger partial charge in [-0.2, -0.15) is 0 Å². The molecule has 1 aliphatic heterocycles. The Balaban J connectivity index is 1.95. The van der Waals surface area contributed by atoms with Crippen LogP contribution in [-0.4, -0.2) is 25.0 Å². The molecule has 1 amide bonds. The fourth-order valence-corrected chi connectivity index (χ4v) is 2.68. The summed E-state index contributed by atoms with van der Waals surface area (Å²) >= 11 is 0. The number of nitrogens with zero attached hydrogens (tertiary/aromatic N) is 1. The van der Waals surface area contributed by atoms with Crippen molar-refractivity contribution in [2.24, 2.45) is 11.7 Å². The van der Waals surface area contributed by atoms with Crippen molar-refractivity contribution in [2.75, 3.05) is 18.0 Å². The largest absolute Gasteiger partial charge is 0.368 e. The first kappa shape index (κ1) is 14.9. The van der Waals surface area contributed by atoms with E-state index in [1.54, 1.807) is 0 Å². The molecule has 1 unspecified atom stereocenters. The second kappa shape index (κ2) is 6.75. The zero-order valence-electron chi connectivity index (χ0n) is 12.4. The lowest BCUT2D eigenvalue weighted by atomic mass is 10.1. The Hall–Kier alpha value is -1.55. The molecule has 0 aliphatic carbocycles. The first-order chi connectivity index (χ1) is 9.58. The highest BCUT2D eigenvalue weighted by molar-refractivity contribution is 5.84. The summed E-state index contributed by atoms with van der Waals surface area (Å²) in [5.41, 5.74) is 7.82.